The summed E-state index contributed by atoms with van der Waals surface area (Å²) in [6.07, 6.45) is 0.991. The van der Waals surface area contributed by atoms with Gasteiger partial charge < -0.3 is 20.0 Å². The average Bonchev–Trinajstić information content (AvgIpc) is 3.13. The summed E-state index contributed by atoms with van der Waals surface area (Å²) in [5.41, 5.74) is 3.07. The Kier molecular flexibility index (Phi) is 5.76. The van der Waals surface area contributed by atoms with Gasteiger partial charge in [0.1, 0.15) is 5.82 Å². The molecule has 0 spiro atoms. The van der Waals surface area contributed by atoms with Crippen LogP contribution in [0, 0.1) is 5.82 Å². The van der Waals surface area contributed by atoms with Crippen molar-refractivity contribution < 1.29 is 18.9 Å². The lowest BCUT2D eigenvalue weighted by Gasteiger charge is -2.33. The lowest BCUT2D eigenvalue weighted by Crippen LogP contribution is -3.15. The highest BCUT2D eigenvalue weighted by atomic mass is 19.1. The molecule has 2 aliphatic heterocycles. The van der Waals surface area contributed by atoms with E-state index in [1.165, 1.54) is 23.4 Å². The molecule has 0 aliphatic carbocycles. The van der Waals surface area contributed by atoms with E-state index in [1.807, 2.05) is 17.0 Å². The van der Waals surface area contributed by atoms with Crippen LogP contribution in [0.5, 0.6) is 0 Å². The Labute approximate surface area is 169 Å². The second-order valence-electron chi connectivity index (χ2n) is 7.66. The van der Waals surface area contributed by atoms with Crippen molar-refractivity contribution in [1.82, 2.24) is 4.90 Å². The van der Waals surface area contributed by atoms with Crippen molar-refractivity contribution in [3.63, 3.8) is 0 Å². The molecule has 2 heterocycles. The zero-order valence-electron chi connectivity index (χ0n) is 16.4. The molecule has 1 saturated heterocycles. The van der Waals surface area contributed by atoms with Crippen LogP contribution in [0.4, 0.5) is 15.8 Å². The first-order valence-corrected chi connectivity index (χ1v) is 10.1. The van der Waals surface area contributed by atoms with Crippen LogP contribution < -0.4 is 15.1 Å². The van der Waals surface area contributed by atoms with Gasteiger partial charge in [-0.2, -0.15) is 0 Å². The first-order chi connectivity index (χ1) is 14.1. The highest BCUT2D eigenvalue weighted by Crippen LogP contribution is 2.27. The Balaban J connectivity index is 1.22. The number of nitrogens with zero attached hydrogens (tertiary/aromatic N) is 2. The minimum absolute atomic E-state index is 0.0972. The molecule has 2 aromatic carbocycles. The number of carbonyl (C=O) groups excluding carboxylic acids is 2. The maximum absolute atomic E-state index is 12.9. The molecule has 0 aromatic heterocycles. The van der Waals surface area contributed by atoms with Gasteiger partial charge in [0.2, 0.25) is 5.91 Å². The minimum Gasteiger partial charge on any atom is -0.362 e. The van der Waals surface area contributed by atoms with Crippen molar-refractivity contribution in [3.05, 3.63) is 59.9 Å². The number of anilines is 2. The zero-order chi connectivity index (χ0) is 20.2. The number of piperazine rings is 1. The summed E-state index contributed by atoms with van der Waals surface area (Å²) >= 11 is 0. The van der Waals surface area contributed by atoms with Crippen molar-refractivity contribution in [2.45, 2.75) is 6.42 Å². The van der Waals surface area contributed by atoms with Gasteiger partial charge in [0.05, 0.1) is 32.7 Å². The monoisotopic (exact) mass is 397 g/mol. The van der Waals surface area contributed by atoms with Gasteiger partial charge in [0.15, 0.2) is 6.54 Å². The number of amides is 2. The van der Waals surface area contributed by atoms with Gasteiger partial charge in [0, 0.05) is 17.9 Å². The normalized spacial score (nSPS) is 16.6. The predicted octanol–water partition coefficient (Wildman–Crippen LogP) is 0.554. The Hall–Kier alpha value is -2.93. The number of halogens is 1. The Morgan fingerprint density at radius 1 is 1.00 bits per heavy atom. The SMILES string of the molecule is O=C(C[NH+]1CCN(C(=O)CN2CCc3ccccc32)CC1)Nc1ccc(F)cc1. The summed E-state index contributed by atoms with van der Waals surface area (Å²) in [7, 11) is 0. The molecule has 0 radical (unpaired) electrons. The van der Waals surface area contributed by atoms with E-state index >= 15 is 0 Å². The molecule has 2 amide bonds. The number of rotatable bonds is 5. The van der Waals surface area contributed by atoms with Crippen LogP contribution in [0.3, 0.4) is 0 Å². The summed E-state index contributed by atoms with van der Waals surface area (Å²) in [6.45, 7) is 4.47. The molecule has 152 valence electrons. The summed E-state index contributed by atoms with van der Waals surface area (Å²) in [5, 5.41) is 2.79. The van der Waals surface area contributed by atoms with Gasteiger partial charge in [0.25, 0.3) is 5.91 Å². The number of benzene rings is 2. The quantitative estimate of drug-likeness (QED) is 0.775. The fraction of sp³-hybridized carbons (Fsp3) is 0.364. The molecule has 7 heteroatoms. The second-order valence-corrected chi connectivity index (χ2v) is 7.66. The average molecular weight is 397 g/mol. The number of para-hydroxylation sites is 1. The molecule has 29 heavy (non-hydrogen) atoms. The van der Waals surface area contributed by atoms with Crippen LogP contribution in [0.2, 0.25) is 0 Å². The summed E-state index contributed by atoms with van der Waals surface area (Å²) in [6, 6.07) is 14.0. The molecular weight excluding hydrogens is 371 g/mol. The Morgan fingerprint density at radius 2 is 1.72 bits per heavy atom. The van der Waals surface area contributed by atoms with Crippen molar-refractivity contribution in [2.75, 3.05) is 56.0 Å². The van der Waals surface area contributed by atoms with Crippen molar-refractivity contribution in [2.24, 2.45) is 0 Å². The van der Waals surface area contributed by atoms with Gasteiger partial charge in [-0.25, -0.2) is 4.39 Å². The molecule has 0 bridgehead atoms. The molecule has 1 fully saturated rings. The summed E-state index contributed by atoms with van der Waals surface area (Å²) in [5.74, 6) is -0.275. The number of quaternary nitrogens is 1. The van der Waals surface area contributed by atoms with Crippen molar-refractivity contribution in [3.8, 4) is 0 Å². The van der Waals surface area contributed by atoms with Crippen LogP contribution in [0.15, 0.2) is 48.5 Å². The van der Waals surface area contributed by atoms with E-state index in [9.17, 15) is 14.0 Å². The lowest BCUT2D eigenvalue weighted by atomic mass is 10.2. The maximum atomic E-state index is 12.9. The van der Waals surface area contributed by atoms with E-state index in [0.717, 1.165) is 31.0 Å². The second kappa shape index (κ2) is 8.61. The minimum atomic E-state index is -0.327. The fourth-order valence-electron chi connectivity index (χ4n) is 4.05. The molecular formula is C22H26FN4O2+. The van der Waals surface area contributed by atoms with Gasteiger partial charge in [-0.1, -0.05) is 18.2 Å². The van der Waals surface area contributed by atoms with Crippen LogP contribution >= 0.6 is 0 Å². The van der Waals surface area contributed by atoms with Gasteiger partial charge in [-0.05, 0) is 42.3 Å². The first-order valence-electron chi connectivity index (χ1n) is 10.1. The van der Waals surface area contributed by atoms with Crippen molar-refractivity contribution in [1.29, 1.82) is 0 Å². The number of hydrogen-bond donors (Lipinski definition) is 2. The Morgan fingerprint density at radius 3 is 2.48 bits per heavy atom. The van der Waals surface area contributed by atoms with Crippen LogP contribution in [-0.4, -0.2) is 62.5 Å². The molecule has 2 N–H and O–H groups in total. The highest BCUT2D eigenvalue weighted by molar-refractivity contribution is 5.91. The van der Waals surface area contributed by atoms with E-state index in [1.54, 1.807) is 12.1 Å². The lowest BCUT2D eigenvalue weighted by molar-refractivity contribution is -0.895. The number of fused-ring (bicyclic) bond motifs is 1. The summed E-state index contributed by atoms with van der Waals surface area (Å²) < 4.78 is 12.9. The largest absolute Gasteiger partial charge is 0.362 e. The van der Waals surface area contributed by atoms with Crippen LogP contribution in [0.25, 0.3) is 0 Å². The third kappa shape index (κ3) is 4.74. The molecule has 2 aromatic rings. The number of hydrogen-bond acceptors (Lipinski definition) is 3. The third-order valence-corrected chi connectivity index (χ3v) is 5.67. The smallest absolute Gasteiger partial charge is 0.279 e. The maximum Gasteiger partial charge on any atom is 0.279 e. The highest BCUT2D eigenvalue weighted by Gasteiger charge is 2.28. The Bertz CT molecular complexity index is 879. The van der Waals surface area contributed by atoms with Gasteiger partial charge >= 0.3 is 0 Å². The summed E-state index contributed by atoms with van der Waals surface area (Å²) in [4.78, 5) is 30.2. The van der Waals surface area contributed by atoms with E-state index in [4.69, 9.17) is 0 Å². The molecule has 0 unspecified atom stereocenters. The standard InChI is InChI=1S/C22H25FN4O2/c23-18-5-7-19(8-6-18)24-21(28)15-25-11-13-26(14-12-25)22(29)16-27-10-9-17-3-1-2-4-20(17)27/h1-8H,9-16H2,(H,24,28)/p+1. The van der Waals surface area contributed by atoms with Crippen molar-refractivity contribution >= 4 is 23.2 Å². The molecule has 4 rings (SSSR count). The first kappa shape index (κ1) is 19.4. The molecule has 2 aliphatic rings. The number of carbonyl (C=O) groups is 2. The van der Waals surface area contributed by atoms with E-state index in [-0.39, 0.29) is 17.6 Å². The number of nitrogens with one attached hydrogen (secondary N) is 2. The van der Waals surface area contributed by atoms with E-state index in [2.05, 4.69) is 22.3 Å². The predicted molar refractivity (Wildman–Crippen MR) is 110 cm³/mol. The van der Waals surface area contributed by atoms with Gasteiger partial charge in [-0.15, -0.1) is 0 Å². The van der Waals surface area contributed by atoms with Crippen LogP contribution in [-0.2, 0) is 16.0 Å². The zero-order valence-corrected chi connectivity index (χ0v) is 16.4. The molecule has 0 atom stereocenters. The topological polar surface area (TPSA) is 57.1 Å². The van der Waals surface area contributed by atoms with E-state index < -0.39 is 0 Å². The van der Waals surface area contributed by atoms with E-state index in [0.29, 0.717) is 31.9 Å². The molecule has 6 nitrogen and oxygen atoms in total. The van der Waals surface area contributed by atoms with Crippen LogP contribution in [0.1, 0.15) is 5.56 Å². The fourth-order valence-corrected chi connectivity index (χ4v) is 4.05. The molecule has 0 saturated carbocycles. The third-order valence-electron chi connectivity index (χ3n) is 5.67. The van der Waals surface area contributed by atoms with Gasteiger partial charge in [-0.3, -0.25) is 9.59 Å².